The third-order valence-electron chi connectivity index (χ3n) is 6.34. The lowest BCUT2D eigenvalue weighted by Gasteiger charge is -2.16. The van der Waals surface area contributed by atoms with Crippen LogP contribution in [0.4, 0.5) is 9.59 Å². The van der Waals surface area contributed by atoms with Crippen LogP contribution < -0.4 is 21.3 Å². The fourth-order valence-electron chi connectivity index (χ4n) is 4.74. The van der Waals surface area contributed by atoms with E-state index in [1.54, 1.807) is 0 Å². The molecule has 4 aliphatic heterocycles. The molecular weight excluding hydrogens is 440 g/mol. The van der Waals surface area contributed by atoms with Crippen LogP contribution >= 0.6 is 23.5 Å². The quantitative estimate of drug-likeness (QED) is 0.165. The molecule has 11 heteroatoms. The first-order chi connectivity index (χ1) is 15.0. The summed E-state index contributed by atoms with van der Waals surface area (Å²) in [6, 6.07) is 0.619. The van der Waals surface area contributed by atoms with E-state index < -0.39 is 11.9 Å². The van der Waals surface area contributed by atoms with E-state index in [9.17, 15) is 19.2 Å². The number of thioether (sulfide) groups is 2. The molecule has 4 heterocycles. The molecule has 0 aliphatic carbocycles. The second-order valence-corrected chi connectivity index (χ2v) is 11.1. The van der Waals surface area contributed by atoms with Gasteiger partial charge < -0.3 is 26.0 Å². The third kappa shape index (κ3) is 5.79. The molecule has 6 atom stereocenters. The molecular formula is C20H30N4O5S2. The van der Waals surface area contributed by atoms with Crippen LogP contribution in [0.3, 0.4) is 0 Å². The van der Waals surface area contributed by atoms with Crippen LogP contribution in [0.25, 0.3) is 0 Å². The first-order valence-electron chi connectivity index (χ1n) is 11.1. The van der Waals surface area contributed by atoms with Gasteiger partial charge in [-0.2, -0.15) is 23.5 Å². The van der Waals surface area contributed by atoms with Crippen LogP contribution in [-0.2, 0) is 14.3 Å². The standard InChI is InChI=1S/C20H30N4O5S2/c25-15(7-3-1-5-13-17-11(9-30-13)21-19(27)23-17)29-16(26)8-4-2-6-14-18-12(10-31-14)22-20(28)24-18/h11-14,17-18H,1-10H2,(H2,21,23,27)(H2,22,24,28)/t11-,12+,13-,14+,17-,18+. The minimum Gasteiger partial charge on any atom is -0.393 e. The Morgan fingerprint density at radius 1 is 0.742 bits per heavy atom. The van der Waals surface area contributed by atoms with E-state index in [1.165, 1.54) is 0 Å². The van der Waals surface area contributed by atoms with Crippen molar-refractivity contribution in [2.24, 2.45) is 0 Å². The smallest absolute Gasteiger partial charge is 0.315 e. The topological polar surface area (TPSA) is 126 Å². The van der Waals surface area contributed by atoms with Crippen LogP contribution in [0.2, 0.25) is 0 Å². The zero-order valence-electron chi connectivity index (χ0n) is 17.4. The molecule has 0 spiro atoms. The van der Waals surface area contributed by atoms with Crippen molar-refractivity contribution < 1.29 is 23.9 Å². The average Bonchev–Trinajstić information content (AvgIpc) is 3.45. The number of fused-ring (bicyclic) bond motifs is 2. The lowest BCUT2D eigenvalue weighted by molar-refractivity contribution is -0.159. The SMILES string of the molecule is O=C1N[C@H]2[C@H](CS[C@H]2CCCCC(=O)OC(=O)CCCC[C@H]2SC[C@H]3NC(=O)N[C@H]32)N1. The maximum Gasteiger partial charge on any atom is 0.315 e. The molecule has 9 nitrogen and oxygen atoms in total. The minimum absolute atomic E-state index is 0.0871. The summed E-state index contributed by atoms with van der Waals surface area (Å²) in [5.41, 5.74) is 0. The van der Waals surface area contributed by atoms with Gasteiger partial charge >= 0.3 is 24.0 Å². The second-order valence-electron chi connectivity index (χ2n) is 8.58. The minimum atomic E-state index is -0.452. The molecule has 4 rings (SSSR count). The number of hydrogen-bond acceptors (Lipinski definition) is 7. The molecule has 0 unspecified atom stereocenters. The van der Waals surface area contributed by atoms with E-state index in [4.69, 9.17) is 4.74 Å². The van der Waals surface area contributed by atoms with Crippen molar-refractivity contribution in [3.8, 4) is 0 Å². The van der Waals surface area contributed by atoms with E-state index in [0.29, 0.717) is 23.3 Å². The Labute approximate surface area is 190 Å². The first-order valence-corrected chi connectivity index (χ1v) is 13.2. The summed E-state index contributed by atoms with van der Waals surface area (Å²) >= 11 is 3.72. The van der Waals surface area contributed by atoms with Gasteiger partial charge in [0, 0.05) is 34.8 Å². The monoisotopic (exact) mass is 470 g/mol. The summed E-state index contributed by atoms with van der Waals surface area (Å²) in [6.45, 7) is 0. The predicted octanol–water partition coefficient (Wildman–Crippen LogP) is 1.51. The van der Waals surface area contributed by atoms with Crippen molar-refractivity contribution in [2.75, 3.05) is 11.5 Å². The van der Waals surface area contributed by atoms with E-state index in [1.807, 2.05) is 23.5 Å². The van der Waals surface area contributed by atoms with Crippen molar-refractivity contribution in [1.29, 1.82) is 0 Å². The summed E-state index contributed by atoms with van der Waals surface area (Å²) < 4.78 is 4.94. The summed E-state index contributed by atoms with van der Waals surface area (Å²) in [4.78, 5) is 46.6. The molecule has 4 aliphatic rings. The molecule has 0 aromatic carbocycles. The van der Waals surface area contributed by atoms with Gasteiger partial charge in [0.05, 0.1) is 24.2 Å². The lowest BCUT2D eigenvalue weighted by Crippen LogP contribution is -2.36. The number of unbranched alkanes of at least 4 members (excludes halogenated alkanes) is 2. The highest BCUT2D eigenvalue weighted by atomic mass is 32.2. The Morgan fingerprint density at radius 3 is 1.65 bits per heavy atom. The fourth-order valence-corrected chi connectivity index (χ4v) is 7.83. The molecule has 4 saturated heterocycles. The van der Waals surface area contributed by atoms with Crippen LogP contribution in [-0.4, -0.2) is 70.2 Å². The molecule has 31 heavy (non-hydrogen) atoms. The van der Waals surface area contributed by atoms with Gasteiger partial charge in [-0.25, -0.2) is 9.59 Å². The Kier molecular flexibility index (Phi) is 7.52. The maximum atomic E-state index is 11.9. The Bertz CT molecular complexity index is 666. The normalized spacial score (nSPS) is 33.2. The highest BCUT2D eigenvalue weighted by Crippen LogP contribution is 2.34. The van der Waals surface area contributed by atoms with E-state index in [2.05, 4.69) is 21.3 Å². The van der Waals surface area contributed by atoms with Crippen LogP contribution in [0, 0.1) is 0 Å². The van der Waals surface area contributed by atoms with Crippen molar-refractivity contribution in [3.63, 3.8) is 0 Å². The lowest BCUT2D eigenvalue weighted by atomic mass is 10.0. The van der Waals surface area contributed by atoms with Gasteiger partial charge in [-0.15, -0.1) is 0 Å². The second kappa shape index (κ2) is 10.3. The number of nitrogens with one attached hydrogen (secondary N) is 4. The average molecular weight is 471 g/mol. The van der Waals surface area contributed by atoms with Gasteiger partial charge in [-0.05, 0) is 25.7 Å². The summed E-state index contributed by atoms with van der Waals surface area (Å²) in [5, 5.41) is 12.5. The summed E-state index contributed by atoms with van der Waals surface area (Å²) in [6.07, 6.45) is 5.47. The molecule has 0 bridgehead atoms. The Balaban J connectivity index is 1.02. The number of hydrogen-bond donors (Lipinski definition) is 4. The molecule has 0 radical (unpaired) electrons. The predicted molar refractivity (Wildman–Crippen MR) is 119 cm³/mol. The highest BCUT2D eigenvalue weighted by Gasteiger charge is 2.43. The zero-order chi connectivity index (χ0) is 21.8. The Hall–Kier alpha value is -1.62. The summed E-state index contributed by atoms with van der Waals surface area (Å²) in [5.74, 6) is 0.951. The van der Waals surface area contributed by atoms with Crippen molar-refractivity contribution in [1.82, 2.24) is 21.3 Å². The third-order valence-corrected chi connectivity index (χ3v) is 9.36. The van der Waals surface area contributed by atoms with E-state index >= 15 is 0 Å². The number of carbonyl (C=O) groups excluding carboxylic acids is 4. The number of carbonyl (C=O) groups is 4. The van der Waals surface area contributed by atoms with Crippen LogP contribution in [0.1, 0.15) is 51.4 Å². The number of ether oxygens (including phenoxy) is 1. The fraction of sp³-hybridized carbons (Fsp3) is 0.800. The number of urea groups is 2. The summed E-state index contributed by atoms with van der Waals surface area (Å²) in [7, 11) is 0. The molecule has 4 amide bonds. The van der Waals surface area contributed by atoms with Gasteiger partial charge in [0.1, 0.15) is 0 Å². The Morgan fingerprint density at radius 2 is 1.19 bits per heavy atom. The molecule has 0 aromatic rings. The molecule has 0 saturated carbocycles. The number of esters is 2. The maximum absolute atomic E-state index is 11.9. The van der Waals surface area contributed by atoms with Crippen molar-refractivity contribution in [2.45, 2.75) is 86.0 Å². The van der Waals surface area contributed by atoms with Crippen LogP contribution in [0.15, 0.2) is 0 Å². The number of amides is 4. The van der Waals surface area contributed by atoms with Gasteiger partial charge in [0.2, 0.25) is 0 Å². The van der Waals surface area contributed by atoms with Crippen LogP contribution in [0.5, 0.6) is 0 Å². The molecule has 4 fully saturated rings. The largest absolute Gasteiger partial charge is 0.393 e. The van der Waals surface area contributed by atoms with Gasteiger partial charge in [-0.3, -0.25) is 9.59 Å². The van der Waals surface area contributed by atoms with Crippen molar-refractivity contribution in [3.05, 3.63) is 0 Å². The van der Waals surface area contributed by atoms with E-state index in [-0.39, 0.29) is 49.1 Å². The highest BCUT2D eigenvalue weighted by molar-refractivity contribution is 8.00. The molecule has 172 valence electrons. The van der Waals surface area contributed by atoms with E-state index in [0.717, 1.165) is 37.2 Å². The van der Waals surface area contributed by atoms with Gasteiger partial charge in [0.25, 0.3) is 0 Å². The van der Waals surface area contributed by atoms with Gasteiger partial charge in [0.15, 0.2) is 0 Å². The first kappa shape index (κ1) is 22.6. The van der Waals surface area contributed by atoms with Gasteiger partial charge in [-0.1, -0.05) is 12.8 Å². The molecule has 0 aromatic heterocycles. The zero-order valence-corrected chi connectivity index (χ0v) is 19.0. The number of rotatable bonds is 10. The van der Waals surface area contributed by atoms with Crippen molar-refractivity contribution >= 4 is 47.5 Å². The molecule has 4 N–H and O–H groups in total.